The second-order valence-electron chi connectivity index (χ2n) is 6.55. The third-order valence-corrected chi connectivity index (χ3v) is 4.15. The third-order valence-electron chi connectivity index (χ3n) is 4.15. The monoisotopic (exact) mass is 354 g/mol. The fourth-order valence-electron chi connectivity index (χ4n) is 2.72. The molecule has 0 spiro atoms. The predicted molar refractivity (Wildman–Crippen MR) is 103 cm³/mol. The molecule has 0 radical (unpaired) electrons. The Hall–Kier alpha value is -2.62. The quantitative estimate of drug-likeness (QED) is 0.492. The van der Waals surface area contributed by atoms with Crippen LogP contribution in [-0.2, 0) is 20.7 Å². The first-order valence-corrected chi connectivity index (χ1v) is 8.95. The lowest BCUT2D eigenvalue weighted by Crippen LogP contribution is -2.33. The van der Waals surface area contributed by atoms with Crippen molar-refractivity contribution in [3.05, 3.63) is 66.3 Å². The molecule has 0 aliphatic heterocycles. The van der Waals surface area contributed by atoms with Gasteiger partial charge in [0.05, 0.1) is 0 Å². The average molecular weight is 354 g/mol. The van der Waals surface area contributed by atoms with Gasteiger partial charge in [-0.15, -0.1) is 0 Å². The maximum absolute atomic E-state index is 12.4. The lowest BCUT2D eigenvalue weighted by atomic mass is 9.95. The van der Waals surface area contributed by atoms with Crippen molar-refractivity contribution in [2.24, 2.45) is 5.92 Å². The number of allylic oxidation sites excluding steroid dienone is 4. The highest BCUT2D eigenvalue weighted by atomic mass is 16.7. The van der Waals surface area contributed by atoms with Crippen molar-refractivity contribution in [1.82, 2.24) is 0 Å². The van der Waals surface area contributed by atoms with E-state index in [1.807, 2.05) is 24.3 Å². The molecule has 1 aromatic carbocycles. The first kappa shape index (κ1) is 19.7. The molecule has 1 aliphatic carbocycles. The molecule has 1 aliphatic rings. The van der Waals surface area contributed by atoms with E-state index < -0.39 is 12.3 Å². The Bertz CT molecular complexity index is 695. The van der Waals surface area contributed by atoms with Gasteiger partial charge in [-0.1, -0.05) is 69.0 Å². The van der Waals surface area contributed by atoms with Gasteiger partial charge in [-0.2, -0.15) is 0 Å². The van der Waals surface area contributed by atoms with Crippen molar-refractivity contribution < 1.29 is 19.1 Å². The van der Waals surface area contributed by atoms with Crippen LogP contribution in [0.25, 0.3) is 5.57 Å². The Morgan fingerprint density at radius 3 is 2.50 bits per heavy atom. The Balaban J connectivity index is 2.07. The molecule has 2 rings (SSSR count). The van der Waals surface area contributed by atoms with Gasteiger partial charge in [0.1, 0.15) is 6.61 Å². The molecule has 26 heavy (non-hydrogen) atoms. The van der Waals surface area contributed by atoms with Gasteiger partial charge in [-0.3, -0.25) is 4.79 Å². The molecule has 0 bridgehead atoms. The van der Waals surface area contributed by atoms with Gasteiger partial charge in [0.25, 0.3) is 0 Å². The summed E-state index contributed by atoms with van der Waals surface area (Å²) in [7, 11) is 0. The molecular formula is C22H26O4. The Kier molecular flexibility index (Phi) is 7.39. The minimum atomic E-state index is -0.855. The smallest absolute Gasteiger partial charge is 0.430 e. The Labute approximate surface area is 155 Å². The van der Waals surface area contributed by atoms with E-state index in [2.05, 4.69) is 24.8 Å². The largest absolute Gasteiger partial charge is 0.509 e. The lowest BCUT2D eigenvalue weighted by Gasteiger charge is -2.18. The van der Waals surface area contributed by atoms with E-state index in [1.54, 1.807) is 13.8 Å². The van der Waals surface area contributed by atoms with Crippen LogP contribution >= 0.6 is 0 Å². The van der Waals surface area contributed by atoms with Gasteiger partial charge in [0.15, 0.2) is 11.9 Å². The van der Waals surface area contributed by atoms with Crippen LogP contribution in [0.3, 0.4) is 0 Å². The van der Waals surface area contributed by atoms with Crippen LogP contribution in [0, 0.1) is 5.92 Å². The number of Topliss-reactive ketones (excluding diaryl/α,β-unsaturated/α-hetero) is 1. The molecule has 0 fully saturated rings. The first-order valence-electron chi connectivity index (χ1n) is 8.95. The normalized spacial score (nSPS) is 14.5. The molecule has 1 atom stereocenters. The number of benzene rings is 1. The van der Waals surface area contributed by atoms with Crippen LogP contribution in [0.2, 0.25) is 0 Å². The number of carbonyl (C=O) groups is 2. The number of carbonyl (C=O) groups excluding carboxylic acids is 2. The minimum absolute atomic E-state index is 0.0543. The van der Waals surface area contributed by atoms with E-state index in [9.17, 15) is 9.59 Å². The SMILES string of the molecule is C=CCOC(=O)OC(Cc1ccc(C2=CCCC=C2)cc1)C(=O)C(C)C. The predicted octanol–water partition coefficient (Wildman–Crippen LogP) is 4.90. The van der Waals surface area contributed by atoms with Gasteiger partial charge in [-0.05, 0) is 29.5 Å². The fraction of sp³-hybridized carbons (Fsp3) is 0.364. The van der Waals surface area contributed by atoms with Crippen molar-refractivity contribution in [2.45, 2.75) is 39.2 Å². The molecule has 0 aromatic heterocycles. The van der Waals surface area contributed by atoms with E-state index in [1.165, 1.54) is 11.6 Å². The molecule has 1 aromatic rings. The summed E-state index contributed by atoms with van der Waals surface area (Å²) in [5, 5.41) is 0. The summed E-state index contributed by atoms with van der Waals surface area (Å²) < 4.78 is 10.1. The maximum atomic E-state index is 12.4. The summed E-state index contributed by atoms with van der Waals surface area (Å²) in [4.78, 5) is 24.1. The standard InChI is InChI=1S/C22H26O4/c1-4-14-25-22(24)26-20(21(23)16(2)3)15-17-10-12-19(13-11-17)18-8-6-5-7-9-18/h4,6,8-13,16,20H,1,5,7,14-15H2,2-3H3. The van der Waals surface area contributed by atoms with Crippen LogP contribution in [0.4, 0.5) is 4.79 Å². The lowest BCUT2D eigenvalue weighted by molar-refractivity contribution is -0.131. The zero-order valence-corrected chi connectivity index (χ0v) is 15.4. The summed E-state index contributed by atoms with van der Waals surface area (Å²) in [5.41, 5.74) is 3.29. The first-order chi connectivity index (χ1) is 12.5. The highest BCUT2D eigenvalue weighted by molar-refractivity contribution is 5.86. The summed E-state index contributed by atoms with van der Waals surface area (Å²) >= 11 is 0. The second-order valence-corrected chi connectivity index (χ2v) is 6.55. The minimum Gasteiger partial charge on any atom is -0.430 e. The number of ether oxygens (including phenoxy) is 2. The zero-order valence-electron chi connectivity index (χ0n) is 15.4. The molecule has 138 valence electrons. The maximum Gasteiger partial charge on any atom is 0.509 e. The molecule has 4 heteroatoms. The van der Waals surface area contributed by atoms with E-state index in [4.69, 9.17) is 9.47 Å². The Morgan fingerprint density at radius 1 is 1.19 bits per heavy atom. The molecule has 0 amide bonds. The molecule has 0 N–H and O–H groups in total. The number of rotatable bonds is 8. The molecule has 4 nitrogen and oxygen atoms in total. The molecule has 0 heterocycles. The van der Waals surface area contributed by atoms with Crippen LogP contribution in [-0.4, -0.2) is 24.6 Å². The van der Waals surface area contributed by atoms with E-state index in [0.29, 0.717) is 6.42 Å². The van der Waals surface area contributed by atoms with Gasteiger partial charge in [0.2, 0.25) is 0 Å². The van der Waals surface area contributed by atoms with Gasteiger partial charge >= 0.3 is 6.16 Å². The fourth-order valence-corrected chi connectivity index (χ4v) is 2.72. The van der Waals surface area contributed by atoms with Gasteiger partial charge in [-0.25, -0.2) is 4.79 Å². The molecule has 1 unspecified atom stereocenters. The highest BCUT2D eigenvalue weighted by Gasteiger charge is 2.26. The van der Waals surface area contributed by atoms with Crippen LogP contribution in [0.5, 0.6) is 0 Å². The van der Waals surface area contributed by atoms with Gasteiger partial charge in [0, 0.05) is 12.3 Å². The van der Waals surface area contributed by atoms with Crippen molar-refractivity contribution in [3.8, 4) is 0 Å². The number of hydrogen-bond acceptors (Lipinski definition) is 4. The van der Waals surface area contributed by atoms with E-state index >= 15 is 0 Å². The molecule has 0 saturated heterocycles. The van der Waals surface area contributed by atoms with Crippen LogP contribution in [0.15, 0.2) is 55.1 Å². The van der Waals surface area contributed by atoms with Crippen molar-refractivity contribution in [2.75, 3.05) is 6.61 Å². The third kappa shape index (κ3) is 5.73. The summed E-state index contributed by atoms with van der Waals surface area (Å²) in [5.74, 6) is -0.355. The highest BCUT2D eigenvalue weighted by Crippen LogP contribution is 2.22. The molecule has 0 saturated carbocycles. The topological polar surface area (TPSA) is 52.6 Å². The average Bonchev–Trinajstić information content (AvgIpc) is 2.66. The second kappa shape index (κ2) is 9.76. The summed E-state index contributed by atoms with van der Waals surface area (Å²) in [6, 6.07) is 8.00. The number of hydrogen-bond donors (Lipinski definition) is 0. The van der Waals surface area contributed by atoms with Crippen molar-refractivity contribution in [3.63, 3.8) is 0 Å². The van der Waals surface area contributed by atoms with Crippen molar-refractivity contribution >= 4 is 17.5 Å². The van der Waals surface area contributed by atoms with E-state index in [0.717, 1.165) is 24.0 Å². The Morgan fingerprint density at radius 2 is 1.92 bits per heavy atom. The summed E-state index contributed by atoms with van der Waals surface area (Å²) in [6.07, 6.45) is 8.73. The van der Waals surface area contributed by atoms with Crippen LogP contribution in [0.1, 0.15) is 37.8 Å². The van der Waals surface area contributed by atoms with E-state index in [-0.39, 0.29) is 18.3 Å². The van der Waals surface area contributed by atoms with Crippen molar-refractivity contribution in [1.29, 1.82) is 0 Å². The molecular weight excluding hydrogens is 328 g/mol. The zero-order chi connectivity index (χ0) is 18.9. The van der Waals surface area contributed by atoms with Gasteiger partial charge < -0.3 is 9.47 Å². The van der Waals surface area contributed by atoms with Crippen LogP contribution < -0.4 is 0 Å². The number of ketones is 1. The summed E-state index contributed by atoms with van der Waals surface area (Å²) in [6.45, 7) is 7.12.